The van der Waals surface area contributed by atoms with Gasteiger partial charge in [-0.3, -0.25) is 4.57 Å². The molecule has 26 heavy (non-hydrogen) atoms. The zero-order valence-corrected chi connectivity index (χ0v) is 14.9. The Hall–Kier alpha value is -2.47. The molecule has 1 aromatic carbocycles. The van der Waals surface area contributed by atoms with Gasteiger partial charge in [0.25, 0.3) is 0 Å². The van der Waals surface area contributed by atoms with Crippen molar-refractivity contribution in [1.82, 2.24) is 19.5 Å². The number of fused-ring (bicyclic) bond motifs is 1. The van der Waals surface area contributed by atoms with Crippen LogP contribution in [0.25, 0.3) is 11.2 Å². The predicted octanol–water partition coefficient (Wildman–Crippen LogP) is 2.66. The molecule has 2 aromatic heterocycles. The minimum Gasteiger partial charge on any atom is -0.388 e. The molecule has 8 heteroatoms. The van der Waals surface area contributed by atoms with Gasteiger partial charge in [0.1, 0.15) is 23.0 Å². The van der Waals surface area contributed by atoms with E-state index in [0.29, 0.717) is 28.9 Å². The molecule has 0 amide bonds. The molecule has 0 radical (unpaired) electrons. The smallest absolute Gasteiger partial charge is 0.166 e. The second-order valence-electron chi connectivity index (χ2n) is 6.24. The minimum absolute atomic E-state index is 0.000449. The normalized spacial score (nSPS) is 22.6. The molecule has 7 nitrogen and oxygen atoms in total. The molecule has 1 fully saturated rings. The van der Waals surface area contributed by atoms with E-state index in [1.165, 1.54) is 6.33 Å². The fourth-order valence-corrected chi connectivity index (χ4v) is 3.94. The summed E-state index contributed by atoms with van der Waals surface area (Å²) in [7, 11) is 0. The van der Waals surface area contributed by atoms with Crippen molar-refractivity contribution in [2.45, 2.75) is 42.6 Å². The van der Waals surface area contributed by atoms with Crippen LogP contribution in [0.1, 0.15) is 30.7 Å². The number of ether oxygens (including phenoxy) is 1. The van der Waals surface area contributed by atoms with Crippen LogP contribution >= 0.6 is 11.8 Å². The van der Waals surface area contributed by atoms with Crippen LogP contribution in [-0.2, 0) is 10.5 Å². The number of thioether (sulfide) groups is 1. The highest BCUT2D eigenvalue weighted by Crippen LogP contribution is 2.33. The molecular formula is C18H17N5O2S. The molecule has 4 rings (SSSR count). The molecule has 0 unspecified atom stereocenters. The molecule has 1 saturated heterocycles. The Bertz CT molecular complexity index is 966. The number of hydrogen-bond donors (Lipinski definition) is 1. The molecule has 3 atom stereocenters. The van der Waals surface area contributed by atoms with Gasteiger partial charge >= 0.3 is 0 Å². The van der Waals surface area contributed by atoms with Gasteiger partial charge in [0, 0.05) is 12.2 Å². The van der Waals surface area contributed by atoms with Gasteiger partial charge in [-0.25, -0.2) is 15.0 Å². The van der Waals surface area contributed by atoms with Crippen molar-refractivity contribution in [1.29, 1.82) is 5.26 Å². The van der Waals surface area contributed by atoms with Crippen LogP contribution in [0, 0.1) is 11.3 Å². The fourth-order valence-electron chi connectivity index (χ4n) is 3.04. The summed E-state index contributed by atoms with van der Waals surface area (Å²) in [6.45, 7) is 1.94. The van der Waals surface area contributed by atoms with Gasteiger partial charge in [-0.05, 0) is 24.6 Å². The first-order chi connectivity index (χ1) is 12.7. The standard InChI is InChI=1S/C18H17N5O2S/c1-11-6-14(24)18(25-11)23-10-22-15-16(23)20-9-21-17(15)26-8-13-4-2-12(7-19)3-5-13/h2-5,9-11,14,18,24H,6,8H2,1H3/t11-,14-,18-/m1/s1. The topological polar surface area (TPSA) is 96.8 Å². The lowest BCUT2D eigenvalue weighted by Gasteiger charge is -2.16. The molecule has 1 N–H and O–H groups in total. The van der Waals surface area contributed by atoms with Gasteiger partial charge in [0.2, 0.25) is 0 Å². The van der Waals surface area contributed by atoms with Gasteiger partial charge in [0.15, 0.2) is 11.9 Å². The van der Waals surface area contributed by atoms with Crippen molar-refractivity contribution in [3.8, 4) is 6.07 Å². The van der Waals surface area contributed by atoms with Crippen LogP contribution in [0.4, 0.5) is 0 Å². The van der Waals surface area contributed by atoms with Crippen LogP contribution < -0.4 is 0 Å². The van der Waals surface area contributed by atoms with Gasteiger partial charge in [0.05, 0.1) is 24.1 Å². The summed E-state index contributed by atoms with van der Waals surface area (Å²) in [6.07, 6.45) is 2.70. The maximum atomic E-state index is 10.2. The Morgan fingerprint density at radius 1 is 1.31 bits per heavy atom. The van der Waals surface area contributed by atoms with Crippen molar-refractivity contribution in [2.75, 3.05) is 0 Å². The lowest BCUT2D eigenvalue weighted by atomic mass is 10.2. The van der Waals surface area contributed by atoms with E-state index in [2.05, 4.69) is 21.0 Å². The first-order valence-corrected chi connectivity index (χ1v) is 9.27. The number of benzene rings is 1. The number of aliphatic hydroxyl groups excluding tert-OH is 1. The van der Waals surface area contributed by atoms with Gasteiger partial charge in [-0.1, -0.05) is 23.9 Å². The Balaban J connectivity index is 1.57. The molecule has 1 aliphatic rings. The number of hydrogen-bond acceptors (Lipinski definition) is 7. The number of aromatic nitrogens is 4. The van der Waals surface area contributed by atoms with Crippen molar-refractivity contribution < 1.29 is 9.84 Å². The van der Waals surface area contributed by atoms with Gasteiger partial charge in [-0.2, -0.15) is 5.26 Å². The fraction of sp³-hybridized carbons (Fsp3) is 0.333. The van der Waals surface area contributed by atoms with Crippen LogP contribution in [-0.4, -0.2) is 36.8 Å². The molecule has 0 bridgehead atoms. The predicted molar refractivity (Wildman–Crippen MR) is 96.2 cm³/mol. The summed E-state index contributed by atoms with van der Waals surface area (Å²) >= 11 is 1.56. The summed E-state index contributed by atoms with van der Waals surface area (Å²) in [6, 6.07) is 9.60. The van der Waals surface area contributed by atoms with E-state index in [1.54, 1.807) is 34.8 Å². The number of nitriles is 1. The van der Waals surface area contributed by atoms with E-state index in [1.807, 2.05) is 19.1 Å². The highest BCUT2D eigenvalue weighted by atomic mass is 32.2. The third kappa shape index (κ3) is 3.17. The van der Waals surface area contributed by atoms with Crippen LogP contribution in [0.5, 0.6) is 0 Å². The number of imidazole rings is 1. The first kappa shape index (κ1) is 17.0. The molecule has 3 aromatic rings. The third-order valence-electron chi connectivity index (χ3n) is 4.33. The number of nitrogens with zero attached hydrogens (tertiary/aromatic N) is 5. The van der Waals surface area contributed by atoms with Crippen LogP contribution in [0.15, 0.2) is 41.9 Å². The lowest BCUT2D eigenvalue weighted by Crippen LogP contribution is -2.19. The molecule has 132 valence electrons. The zero-order valence-electron chi connectivity index (χ0n) is 14.1. The summed E-state index contributed by atoms with van der Waals surface area (Å²) in [4.78, 5) is 13.1. The molecular weight excluding hydrogens is 350 g/mol. The molecule has 0 aliphatic carbocycles. The van der Waals surface area contributed by atoms with Crippen molar-refractivity contribution in [3.63, 3.8) is 0 Å². The average molecular weight is 367 g/mol. The maximum Gasteiger partial charge on any atom is 0.166 e. The zero-order chi connectivity index (χ0) is 18.1. The van der Waals surface area contributed by atoms with E-state index in [-0.39, 0.29) is 6.10 Å². The third-order valence-corrected chi connectivity index (χ3v) is 5.38. The van der Waals surface area contributed by atoms with Crippen molar-refractivity contribution in [2.24, 2.45) is 0 Å². The summed E-state index contributed by atoms with van der Waals surface area (Å²) in [5.41, 5.74) is 3.09. The van der Waals surface area contributed by atoms with Crippen LogP contribution in [0.2, 0.25) is 0 Å². The van der Waals surface area contributed by atoms with Crippen molar-refractivity contribution >= 4 is 22.9 Å². The van der Waals surface area contributed by atoms with Gasteiger partial charge in [-0.15, -0.1) is 0 Å². The Labute approximate surface area is 154 Å². The lowest BCUT2D eigenvalue weighted by molar-refractivity contribution is -0.0297. The van der Waals surface area contributed by atoms with E-state index >= 15 is 0 Å². The SMILES string of the molecule is C[C@@H]1C[C@@H](O)[C@H](n2cnc3c(SCc4ccc(C#N)cc4)ncnc32)O1. The maximum absolute atomic E-state index is 10.2. The van der Waals surface area contributed by atoms with E-state index in [9.17, 15) is 5.11 Å². The molecule has 0 saturated carbocycles. The summed E-state index contributed by atoms with van der Waals surface area (Å²) < 4.78 is 7.57. The second kappa shape index (κ2) is 7.03. The van der Waals surface area contributed by atoms with Crippen molar-refractivity contribution in [3.05, 3.63) is 48.0 Å². The largest absolute Gasteiger partial charge is 0.388 e. The molecule has 1 aliphatic heterocycles. The molecule has 3 heterocycles. The minimum atomic E-state index is -0.577. The first-order valence-electron chi connectivity index (χ1n) is 8.28. The van der Waals surface area contributed by atoms with E-state index in [4.69, 9.17) is 10.00 Å². The monoisotopic (exact) mass is 367 g/mol. The Morgan fingerprint density at radius 3 is 2.81 bits per heavy atom. The Kier molecular flexibility index (Phi) is 4.59. The van der Waals surface area contributed by atoms with E-state index in [0.717, 1.165) is 10.6 Å². The quantitative estimate of drug-likeness (QED) is 0.559. The number of rotatable bonds is 4. The summed E-state index contributed by atoms with van der Waals surface area (Å²) in [5.74, 6) is 0.713. The highest BCUT2D eigenvalue weighted by Gasteiger charge is 2.34. The average Bonchev–Trinajstić information content (AvgIpc) is 3.23. The summed E-state index contributed by atoms with van der Waals surface area (Å²) in [5, 5.41) is 19.9. The Morgan fingerprint density at radius 2 is 2.12 bits per heavy atom. The van der Waals surface area contributed by atoms with E-state index < -0.39 is 12.3 Å². The second-order valence-corrected chi connectivity index (χ2v) is 7.20. The molecule has 0 spiro atoms. The van der Waals surface area contributed by atoms with Gasteiger partial charge < -0.3 is 9.84 Å². The highest BCUT2D eigenvalue weighted by molar-refractivity contribution is 7.98. The van der Waals surface area contributed by atoms with Crippen LogP contribution in [0.3, 0.4) is 0 Å². The number of aliphatic hydroxyl groups is 1.